The Kier molecular flexibility index (Phi) is 3.44. The summed E-state index contributed by atoms with van der Waals surface area (Å²) in [6.45, 7) is 3.03. The summed E-state index contributed by atoms with van der Waals surface area (Å²) in [5.74, 6) is -2.16. The normalized spacial score (nSPS) is 22.2. The molecule has 0 amide bonds. The highest BCUT2D eigenvalue weighted by atomic mass is 16.6. The number of carboxylic acids is 1. The smallest absolute Gasteiger partial charge is 0.340 e. The quantitative estimate of drug-likeness (QED) is 0.675. The molecule has 0 radical (unpaired) electrons. The van der Waals surface area contributed by atoms with Gasteiger partial charge < -0.3 is 9.84 Å². The first-order valence-corrected chi connectivity index (χ1v) is 6.21. The number of aliphatic carboxylic acids is 1. The summed E-state index contributed by atoms with van der Waals surface area (Å²) in [4.78, 5) is 35.5. The second-order valence-electron chi connectivity index (χ2n) is 4.64. The van der Waals surface area contributed by atoms with E-state index in [0.717, 1.165) is 0 Å². The Morgan fingerprint density at radius 3 is 2.45 bits per heavy atom. The van der Waals surface area contributed by atoms with E-state index >= 15 is 0 Å². The largest absolute Gasteiger partial charge is 0.478 e. The summed E-state index contributed by atoms with van der Waals surface area (Å²) < 4.78 is 5.25. The van der Waals surface area contributed by atoms with Gasteiger partial charge in [-0.25, -0.2) is 9.59 Å². The molecule has 1 aliphatic heterocycles. The summed E-state index contributed by atoms with van der Waals surface area (Å²) in [6, 6.07) is 6.36. The van der Waals surface area contributed by atoms with E-state index in [2.05, 4.69) is 0 Å². The zero-order chi connectivity index (χ0) is 14.9. The molecule has 2 rings (SSSR count). The number of esters is 1. The molecule has 5 nitrogen and oxygen atoms in total. The molecular formula is C15H14O5. The van der Waals surface area contributed by atoms with Crippen LogP contribution in [0.4, 0.5) is 0 Å². The molecule has 0 aliphatic carbocycles. The number of carbonyl (C=O) groups is 3. The predicted octanol–water partition coefficient (Wildman–Crippen LogP) is 2.22. The van der Waals surface area contributed by atoms with Crippen molar-refractivity contribution in [3.05, 3.63) is 47.0 Å². The van der Waals surface area contributed by atoms with Gasteiger partial charge in [-0.3, -0.25) is 4.79 Å². The third-order valence-electron chi connectivity index (χ3n) is 3.36. The molecule has 0 bridgehead atoms. The lowest BCUT2D eigenvalue weighted by Crippen LogP contribution is -2.46. The van der Waals surface area contributed by atoms with Gasteiger partial charge in [0.05, 0.1) is 5.56 Å². The molecule has 5 heteroatoms. The minimum absolute atomic E-state index is 0.0348. The number of benzene rings is 1. The number of fused-ring (bicyclic) bond motifs is 1. The van der Waals surface area contributed by atoms with Gasteiger partial charge in [0.25, 0.3) is 0 Å². The maximum atomic E-state index is 12.6. The van der Waals surface area contributed by atoms with E-state index in [1.807, 2.05) is 0 Å². The fourth-order valence-electron chi connectivity index (χ4n) is 2.20. The van der Waals surface area contributed by atoms with Crippen LogP contribution in [0.1, 0.15) is 41.0 Å². The van der Waals surface area contributed by atoms with Crippen LogP contribution in [0.3, 0.4) is 0 Å². The third kappa shape index (κ3) is 2.11. The van der Waals surface area contributed by atoms with Crippen molar-refractivity contribution < 1.29 is 24.2 Å². The average Bonchev–Trinajstić information content (AvgIpc) is 2.44. The van der Waals surface area contributed by atoms with Crippen molar-refractivity contribution in [2.45, 2.75) is 25.9 Å². The van der Waals surface area contributed by atoms with Gasteiger partial charge in [-0.15, -0.1) is 0 Å². The van der Waals surface area contributed by atoms with Crippen LogP contribution in [0, 0.1) is 0 Å². The van der Waals surface area contributed by atoms with E-state index in [9.17, 15) is 14.4 Å². The van der Waals surface area contributed by atoms with Crippen molar-refractivity contribution >= 4 is 17.7 Å². The molecule has 1 aromatic carbocycles. The molecule has 0 fully saturated rings. The number of ether oxygens (including phenoxy) is 1. The van der Waals surface area contributed by atoms with Gasteiger partial charge in [-0.2, -0.15) is 0 Å². The Morgan fingerprint density at radius 1 is 1.30 bits per heavy atom. The molecule has 1 aromatic rings. The summed E-state index contributed by atoms with van der Waals surface area (Å²) in [5, 5.41) is 8.95. The number of ketones is 1. The van der Waals surface area contributed by atoms with Crippen LogP contribution in [0.5, 0.6) is 0 Å². The average molecular weight is 274 g/mol. The highest BCUT2D eigenvalue weighted by molar-refractivity contribution is 6.15. The molecule has 1 heterocycles. The number of Topliss-reactive ketones (excluding diaryl/α,β-unsaturated/α-hetero) is 1. The van der Waals surface area contributed by atoms with E-state index < -0.39 is 23.3 Å². The number of hydrogen-bond donors (Lipinski definition) is 1. The maximum Gasteiger partial charge on any atom is 0.340 e. The van der Waals surface area contributed by atoms with E-state index in [1.165, 1.54) is 19.1 Å². The molecule has 1 unspecified atom stereocenters. The molecule has 104 valence electrons. The zero-order valence-corrected chi connectivity index (χ0v) is 11.2. The number of carboxylic acid groups (broad SMARTS) is 1. The summed E-state index contributed by atoms with van der Waals surface area (Å²) in [7, 11) is 0. The number of rotatable bonds is 3. The highest BCUT2D eigenvalue weighted by Gasteiger charge is 2.45. The van der Waals surface area contributed by atoms with Crippen molar-refractivity contribution in [1.29, 1.82) is 0 Å². The second-order valence-corrected chi connectivity index (χ2v) is 4.64. The van der Waals surface area contributed by atoms with Crippen molar-refractivity contribution in [2.24, 2.45) is 0 Å². The minimum Gasteiger partial charge on any atom is -0.478 e. The SMILES string of the molecule is CCC1(C=C(C)C(=O)O)OC(=O)c2ccccc2C1=O. The summed E-state index contributed by atoms with van der Waals surface area (Å²) in [6.07, 6.45) is 1.39. The Hall–Kier alpha value is -2.43. The predicted molar refractivity (Wildman–Crippen MR) is 70.6 cm³/mol. The topological polar surface area (TPSA) is 80.7 Å². The van der Waals surface area contributed by atoms with Crippen LogP contribution < -0.4 is 0 Å². The van der Waals surface area contributed by atoms with Crippen LogP contribution in [-0.2, 0) is 9.53 Å². The molecule has 0 aromatic heterocycles. The first-order valence-electron chi connectivity index (χ1n) is 6.21. The first-order chi connectivity index (χ1) is 9.41. The fourth-order valence-corrected chi connectivity index (χ4v) is 2.20. The van der Waals surface area contributed by atoms with Crippen molar-refractivity contribution in [1.82, 2.24) is 0 Å². The van der Waals surface area contributed by atoms with E-state index in [1.54, 1.807) is 25.1 Å². The molecule has 0 saturated carbocycles. The van der Waals surface area contributed by atoms with Gasteiger partial charge in [0.2, 0.25) is 5.78 Å². The van der Waals surface area contributed by atoms with Gasteiger partial charge >= 0.3 is 11.9 Å². The molecule has 1 atom stereocenters. The van der Waals surface area contributed by atoms with Gasteiger partial charge in [-0.1, -0.05) is 25.1 Å². The van der Waals surface area contributed by atoms with E-state index in [-0.39, 0.29) is 23.1 Å². The van der Waals surface area contributed by atoms with E-state index in [0.29, 0.717) is 0 Å². The van der Waals surface area contributed by atoms with Crippen molar-refractivity contribution in [2.75, 3.05) is 0 Å². The summed E-state index contributed by atoms with van der Waals surface area (Å²) >= 11 is 0. The van der Waals surface area contributed by atoms with Crippen LogP contribution >= 0.6 is 0 Å². The van der Waals surface area contributed by atoms with Crippen molar-refractivity contribution in [3.63, 3.8) is 0 Å². The number of cyclic esters (lactones) is 1. The lowest BCUT2D eigenvalue weighted by molar-refractivity contribution is -0.132. The first kappa shape index (κ1) is 14.0. The van der Waals surface area contributed by atoms with Crippen LogP contribution in [-0.4, -0.2) is 28.4 Å². The molecular weight excluding hydrogens is 260 g/mol. The lowest BCUT2D eigenvalue weighted by Gasteiger charge is -2.33. The second kappa shape index (κ2) is 4.92. The molecule has 1 aliphatic rings. The Morgan fingerprint density at radius 2 is 1.90 bits per heavy atom. The van der Waals surface area contributed by atoms with Gasteiger partial charge in [-0.05, 0) is 25.5 Å². The monoisotopic (exact) mass is 274 g/mol. The molecule has 0 saturated heterocycles. The minimum atomic E-state index is -1.53. The Bertz CT molecular complexity index is 629. The molecule has 0 spiro atoms. The van der Waals surface area contributed by atoms with Gasteiger partial charge in [0.1, 0.15) is 0 Å². The Labute approximate surface area is 115 Å². The lowest BCUT2D eigenvalue weighted by atomic mass is 9.84. The third-order valence-corrected chi connectivity index (χ3v) is 3.36. The fraction of sp³-hybridized carbons (Fsp3) is 0.267. The maximum absolute atomic E-state index is 12.6. The van der Waals surface area contributed by atoms with Gasteiger partial charge in [0, 0.05) is 11.1 Å². The number of carbonyl (C=O) groups excluding carboxylic acids is 2. The highest BCUT2D eigenvalue weighted by Crippen LogP contribution is 2.32. The van der Waals surface area contributed by atoms with Crippen LogP contribution in [0.15, 0.2) is 35.9 Å². The van der Waals surface area contributed by atoms with E-state index in [4.69, 9.17) is 9.84 Å². The van der Waals surface area contributed by atoms with Gasteiger partial charge in [0.15, 0.2) is 5.60 Å². The van der Waals surface area contributed by atoms with Crippen molar-refractivity contribution in [3.8, 4) is 0 Å². The molecule has 1 N–H and O–H groups in total. The zero-order valence-electron chi connectivity index (χ0n) is 11.2. The molecule has 20 heavy (non-hydrogen) atoms. The summed E-state index contributed by atoms with van der Waals surface area (Å²) in [5.41, 5.74) is -1.09. The van der Waals surface area contributed by atoms with Crippen LogP contribution in [0.2, 0.25) is 0 Å². The standard InChI is InChI=1S/C15H14O5/c1-3-15(8-9(2)13(17)18)12(16)10-6-4-5-7-11(10)14(19)20-15/h4-8H,3H2,1-2H3,(H,17,18). The number of hydrogen-bond acceptors (Lipinski definition) is 4. The Balaban J connectivity index is 2.58. The van der Waals surface area contributed by atoms with Crippen LogP contribution in [0.25, 0.3) is 0 Å².